The smallest absolute Gasteiger partial charge is 0.231 e. The summed E-state index contributed by atoms with van der Waals surface area (Å²) in [4.78, 5) is 14.3. The highest BCUT2D eigenvalue weighted by atomic mass is 16.5. The van der Waals surface area contributed by atoms with Gasteiger partial charge in [-0.05, 0) is 31.7 Å². The molecule has 1 atom stereocenters. The van der Waals surface area contributed by atoms with Gasteiger partial charge in [0.2, 0.25) is 5.91 Å². The van der Waals surface area contributed by atoms with Gasteiger partial charge in [-0.1, -0.05) is 0 Å². The van der Waals surface area contributed by atoms with Gasteiger partial charge in [0, 0.05) is 40.1 Å². The fourth-order valence-electron chi connectivity index (χ4n) is 2.67. The van der Waals surface area contributed by atoms with Gasteiger partial charge in [0.15, 0.2) is 0 Å². The van der Waals surface area contributed by atoms with Gasteiger partial charge in [-0.3, -0.25) is 9.48 Å². The van der Waals surface area contributed by atoms with Crippen LogP contribution < -0.4 is 0 Å². The Morgan fingerprint density at radius 1 is 1.58 bits per heavy atom. The van der Waals surface area contributed by atoms with Gasteiger partial charge in [-0.2, -0.15) is 5.10 Å². The molecule has 1 aliphatic rings. The van der Waals surface area contributed by atoms with Crippen LogP contribution in [0.5, 0.6) is 0 Å². The molecule has 106 valence electrons. The summed E-state index contributed by atoms with van der Waals surface area (Å²) in [5.41, 5.74) is 0.962. The van der Waals surface area contributed by atoms with Gasteiger partial charge in [0.25, 0.3) is 0 Å². The first-order valence-electron chi connectivity index (χ1n) is 6.90. The number of hydrogen-bond acceptors (Lipinski definition) is 3. The summed E-state index contributed by atoms with van der Waals surface area (Å²) in [7, 11) is 3.77. The Balaban J connectivity index is 1.93. The van der Waals surface area contributed by atoms with Crippen molar-refractivity contribution in [2.45, 2.75) is 25.7 Å². The molecule has 19 heavy (non-hydrogen) atoms. The van der Waals surface area contributed by atoms with Crippen LogP contribution in [0.15, 0.2) is 12.3 Å². The van der Waals surface area contributed by atoms with E-state index in [0.29, 0.717) is 5.92 Å². The van der Waals surface area contributed by atoms with E-state index < -0.39 is 0 Å². The Morgan fingerprint density at radius 3 is 2.84 bits per heavy atom. The normalized spacial score (nSPS) is 18.3. The van der Waals surface area contributed by atoms with E-state index in [9.17, 15) is 4.79 Å². The van der Waals surface area contributed by atoms with Gasteiger partial charge in [-0.15, -0.1) is 0 Å². The third-order valence-electron chi connectivity index (χ3n) is 3.92. The number of nitrogens with zero attached hydrogens (tertiary/aromatic N) is 3. The standard InChI is InChI=1S/C14H23N3O2/c1-11(13-4-7-15-17(13)3)14(18)16(2)10-12-5-8-19-9-6-12/h4,7,11-12H,5-6,8-10H2,1-3H3. The molecule has 0 N–H and O–H groups in total. The summed E-state index contributed by atoms with van der Waals surface area (Å²) in [6.45, 7) is 4.41. The molecule has 1 saturated heterocycles. The molecule has 1 fully saturated rings. The van der Waals surface area contributed by atoms with Crippen LogP contribution in [0.3, 0.4) is 0 Å². The maximum Gasteiger partial charge on any atom is 0.231 e. The molecule has 0 bridgehead atoms. The van der Waals surface area contributed by atoms with E-state index in [0.717, 1.165) is 38.3 Å². The summed E-state index contributed by atoms with van der Waals surface area (Å²) in [6, 6.07) is 1.91. The second kappa shape index (κ2) is 6.19. The summed E-state index contributed by atoms with van der Waals surface area (Å²) in [5.74, 6) is 0.592. The molecule has 1 aromatic rings. The Labute approximate surface area is 114 Å². The lowest BCUT2D eigenvalue weighted by atomic mass is 9.99. The first-order valence-corrected chi connectivity index (χ1v) is 6.90. The molecule has 1 aromatic heterocycles. The SMILES string of the molecule is CC(C(=O)N(C)CC1CCOCC1)c1ccnn1C. The number of hydrogen-bond donors (Lipinski definition) is 0. The lowest BCUT2D eigenvalue weighted by molar-refractivity contribution is -0.132. The largest absolute Gasteiger partial charge is 0.381 e. The number of aromatic nitrogens is 2. The van der Waals surface area contributed by atoms with Crippen molar-refractivity contribution in [3.8, 4) is 0 Å². The van der Waals surface area contributed by atoms with Crippen LogP contribution in [0.4, 0.5) is 0 Å². The number of ether oxygens (including phenoxy) is 1. The van der Waals surface area contributed by atoms with Crippen LogP contribution >= 0.6 is 0 Å². The van der Waals surface area contributed by atoms with Gasteiger partial charge in [-0.25, -0.2) is 0 Å². The minimum absolute atomic E-state index is 0.141. The van der Waals surface area contributed by atoms with Crippen LogP contribution in [0, 0.1) is 5.92 Å². The second-order valence-corrected chi connectivity index (χ2v) is 5.38. The molecule has 0 aliphatic carbocycles. The zero-order chi connectivity index (χ0) is 13.8. The molecular formula is C14H23N3O2. The van der Waals surface area contributed by atoms with Crippen molar-refractivity contribution < 1.29 is 9.53 Å². The molecule has 5 heteroatoms. The molecule has 5 nitrogen and oxygen atoms in total. The van der Waals surface area contributed by atoms with E-state index in [1.807, 2.05) is 32.0 Å². The highest BCUT2D eigenvalue weighted by Crippen LogP contribution is 2.20. The van der Waals surface area contributed by atoms with Gasteiger partial charge >= 0.3 is 0 Å². The lowest BCUT2D eigenvalue weighted by Gasteiger charge is -2.28. The monoisotopic (exact) mass is 265 g/mol. The van der Waals surface area contributed by atoms with E-state index in [2.05, 4.69) is 5.10 Å². The molecule has 0 radical (unpaired) electrons. The fourth-order valence-corrected chi connectivity index (χ4v) is 2.67. The molecule has 0 aromatic carbocycles. The minimum atomic E-state index is -0.141. The Morgan fingerprint density at radius 2 is 2.26 bits per heavy atom. The Hall–Kier alpha value is -1.36. The fraction of sp³-hybridized carbons (Fsp3) is 0.714. The van der Waals surface area contributed by atoms with Gasteiger partial charge in [0.1, 0.15) is 0 Å². The molecule has 2 rings (SSSR count). The van der Waals surface area contributed by atoms with Crippen molar-refractivity contribution in [1.29, 1.82) is 0 Å². The van der Waals surface area contributed by atoms with Crippen molar-refractivity contribution in [2.24, 2.45) is 13.0 Å². The number of rotatable bonds is 4. The maximum atomic E-state index is 12.4. The molecule has 0 saturated carbocycles. The van der Waals surface area contributed by atoms with E-state index in [4.69, 9.17) is 4.74 Å². The van der Waals surface area contributed by atoms with Crippen molar-refractivity contribution >= 4 is 5.91 Å². The van der Waals surface area contributed by atoms with Crippen molar-refractivity contribution in [3.05, 3.63) is 18.0 Å². The quantitative estimate of drug-likeness (QED) is 0.827. The number of amides is 1. The number of likely N-dealkylation sites (N-methyl/N-ethyl adjacent to an activating group) is 1. The highest BCUT2D eigenvalue weighted by molar-refractivity contribution is 5.82. The number of carbonyl (C=O) groups excluding carboxylic acids is 1. The Kier molecular flexibility index (Phi) is 4.58. The predicted molar refractivity (Wildman–Crippen MR) is 72.8 cm³/mol. The maximum absolute atomic E-state index is 12.4. The average molecular weight is 265 g/mol. The third kappa shape index (κ3) is 3.35. The van der Waals surface area contributed by atoms with Crippen molar-refractivity contribution in [3.63, 3.8) is 0 Å². The molecule has 2 heterocycles. The van der Waals surface area contributed by atoms with E-state index in [-0.39, 0.29) is 11.8 Å². The minimum Gasteiger partial charge on any atom is -0.381 e. The van der Waals surface area contributed by atoms with Crippen molar-refractivity contribution in [1.82, 2.24) is 14.7 Å². The topological polar surface area (TPSA) is 47.4 Å². The van der Waals surface area contributed by atoms with Crippen LogP contribution in [0.1, 0.15) is 31.4 Å². The molecule has 1 amide bonds. The predicted octanol–water partition coefficient (Wildman–Crippen LogP) is 1.41. The van der Waals surface area contributed by atoms with E-state index in [1.54, 1.807) is 10.9 Å². The van der Waals surface area contributed by atoms with Crippen LogP contribution in [0.2, 0.25) is 0 Å². The Bertz CT molecular complexity index is 424. The second-order valence-electron chi connectivity index (χ2n) is 5.38. The average Bonchev–Trinajstić information content (AvgIpc) is 2.84. The first kappa shape index (κ1) is 14.1. The van der Waals surface area contributed by atoms with Gasteiger partial charge in [0.05, 0.1) is 11.6 Å². The van der Waals surface area contributed by atoms with E-state index >= 15 is 0 Å². The van der Waals surface area contributed by atoms with Crippen molar-refractivity contribution in [2.75, 3.05) is 26.8 Å². The first-order chi connectivity index (χ1) is 9.09. The molecule has 0 spiro atoms. The summed E-state index contributed by atoms with van der Waals surface area (Å²) >= 11 is 0. The van der Waals surface area contributed by atoms with Gasteiger partial charge < -0.3 is 9.64 Å². The lowest BCUT2D eigenvalue weighted by Crippen LogP contribution is -2.36. The summed E-state index contributed by atoms with van der Waals surface area (Å²) in [5, 5.41) is 4.12. The zero-order valence-electron chi connectivity index (χ0n) is 12.0. The van der Waals surface area contributed by atoms with Crippen LogP contribution in [0.25, 0.3) is 0 Å². The summed E-state index contributed by atoms with van der Waals surface area (Å²) < 4.78 is 7.12. The zero-order valence-corrected chi connectivity index (χ0v) is 12.0. The molecule has 1 aliphatic heterocycles. The number of aryl methyl sites for hydroxylation is 1. The summed E-state index contributed by atoms with van der Waals surface area (Å²) in [6.07, 6.45) is 3.84. The van der Waals surface area contributed by atoms with Crippen LogP contribution in [-0.2, 0) is 16.6 Å². The highest BCUT2D eigenvalue weighted by Gasteiger charge is 2.24. The molecule has 1 unspecified atom stereocenters. The third-order valence-corrected chi connectivity index (χ3v) is 3.92. The van der Waals surface area contributed by atoms with E-state index in [1.165, 1.54) is 0 Å². The van der Waals surface area contributed by atoms with Crippen LogP contribution in [-0.4, -0.2) is 47.4 Å². The number of carbonyl (C=O) groups is 1. The molecular weight excluding hydrogens is 242 g/mol.